The quantitative estimate of drug-likeness (QED) is 0.795. The zero-order valence-electron chi connectivity index (χ0n) is 10.5. The van der Waals surface area contributed by atoms with Gasteiger partial charge in [0.05, 0.1) is 5.56 Å². The largest absolute Gasteiger partial charge is 0.478 e. The highest BCUT2D eigenvalue weighted by Gasteiger charge is 2.37. The average Bonchev–Trinajstić information content (AvgIpc) is 3.05. The number of aromatic carboxylic acids is 1. The minimum absolute atomic E-state index is 0.124. The van der Waals surface area contributed by atoms with Crippen molar-refractivity contribution in [3.63, 3.8) is 0 Å². The lowest BCUT2D eigenvalue weighted by Crippen LogP contribution is -2.33. The highest BCUT2D eigenvalue weighted by molar-refractivity contribution is 9.10. The van der Waals surface area contributed by atoms with Crippen molar-refractivity contribution in [1.29, 1.82) is 0 Å². The summed E-state index contributed by atoms with van der Waals surface area (Å²) in [5, 5.41) is 14.4. The first kappa shape index (κ1) is 13.9. The van der Waals surface area contributed by atoms with Crippen LogP contribution in [0.4, 0.5) is 10.5 Å². The second-order valence-corrected chi connectivity index (χ2v) is 6.07. The van der Waals surface area contributed by atoms with Gasteiger partial charge in [-0.2, -0.15) is 0 Å². The molecule has 19 heavy (non-hydrogen) atoms. The number of carboxylic acid groups (broad SMARTS) is 1. The molecule has 1 aliphatic carbocycles. The summed E-state index contributed by atoms with van der Waals surface area (Å²) in [7, 11) is 0. The molecule has 1 aliphatic rings. The maximum atomic E-state index is 11.7. The number of halogens is 1. The number of rotatable bonds is 4. The van der Waals surface area contributed by atoms with Crippen LogP contribution in [0.5, 0.6) is 0 Å². The summed E-state index contributed by atoms with van der Waals surface area (Å²) in [5.74, 6) is -1.03. The molecule has 0 aromatic heterocycles. The molecule has 102 valence electrons. The number of benzene rings is 1. The average molecular weight is 327 g/mol. The summed E-state index contributed by atoms with van der Waals surface area (Å²) in [4.78, 5) is 22.6. The van der Waals surface area contributed by atoms with Crippen LogP contribution in [0, 0.1) is 5.41 Å². The molecule has 0 bridgehead atoms. The van der Waals surface area contributed by atoms with Gasteiger partial charge in [-0.05, 0) is 36.5 Å². The number of urea groups is 1. The third-order valence-corrected chi connectivity index (χ3v) is 3.64. The van der Waals surface area contributed by atoms with E-state index in [0.717, 1.165) is 12.8 Å². The number of carbonyl (C=O) groups excluding carboxylic acids is 1. The Hall–Kier alpha value is -1.56. The summed E-state index contributed by atoms with van der Waals surface area (Å²) < 4.78 is 0.608. The molecule has 5 nitrogen and oxygen atoms in total. The number of hydrogen-bond donors (Lipinski definition) is 3. The van der Waals surface area contributed by atoms with Crippen LogP contribution in [0.1, 0.15) is 30.1 Å². The van der Waals surface area contributed by atoms with Crippen LogP contribution < -0.4 is 10.6 Å². The van der Waals surface area contributed by atoms with Gasteiger partial charge in [0.2, 0.25) is 0 Å². The fraction of sp³-hybridized carbons (Fsp3) is 0.385. The second kappa shape index (κ2) is 5.21. The molecular formula is C13H15BrN2O3. The highest BCUT2D eigenvalue weighted by atomic mass is 79.9. The Labute approximate surface area is 119 Å². The van der Waals surface area contributed by atoms with Crippen LogP contribution >= 0.6 is 15.9 Å². The van der Waals surface area contributed by atoms with Gasteiger partial charge in [0.25, 0.3) is 0 Å². The maximum Gasteiger partial charge on any atom is 0.335 e. The Morgan fingerprint density at radius 3 is 2.63 bits per heavy atom. The molecular weight excluding hydrogens is 312 g/mol. The van der Waals surface area contributed by atoms with E-state index in [4.69, 9.17) is 5.11 Å². The lowest BCUT2D eigenvalue weighted by molar-refractivity contribution is 0.0697. The van der Waals surface area contributed by atoms with Gasteiger partial charge in [0.1, 0.15) is 0 Å². The minimum atomic E-state index is -1.03. The highest BCUT2D eigenvalue weighted by Crippen LogP contribution is 2.44. The van der Waals surface area contributed by atoms with Crippen LogP contribution in [0.3, 0.4) is 0 Å². The minimum Gasteiger partial charge on any atom is -0.478 e. The predicted molar refractivity (Wildman–Crippen MR) is 75.5 cm³/mol. The van der Waals surface area contributed by atoms with Crippen molar-refractivity contribution in [2.24, 2.45) is 5.41 Å². The van der Waals surface area contributed by atoms with E-state index in [-0.39, 0.29) is 17.0 Å². The first-order chi connectivity index (χ1) is 8.88. The van der Waals surface area contributed by atoms with Crippen molar-refractivity contribution >= 4 is 33.6 Å². The van der Waals surface area contributed by atoms with Crippen molar-refractivity contribution in [2.75, 3.05) is 11.9 Å². The number of amides is 2. The topological polar surface area (TPSA) is 78.4 Å². The first-order valence-corrected chi connectivity index (χ1v) is 6.76. The number of hydrogen-bond acceptors (Lipinski definition) is 2. The standard InChI is InChI=1S/C13H15BrN2O3/c1-13(2-3-13)7-15-12(19)16-10-5-8(11(17)18)4-9(14)6-10/h4-6H,2-3,7H2,1H3,(H,17,18)(H2,15,16,19). The van der Waals surface area contributed by atoms with Gasteiger partial charge >= 0.3 is 12.0 Å². The zero-order chi connectivity index (χ0) is 14.0. The Balaban J connectivity index is 1.97. The normalized spacial score (nSPS) is 15.7. The molecule has 6 heteroatoms. The second-order valence-electron chi connectivity index (χ2n) is 5.15. The molecule has 0 heterocycles. The number of nitrogens with one attached hydrogen (secondary N) is 2. The van der Waals surface area contributed by atoms with E-state index < -0.39 is 5.97 Å². The van der Waals surface area contributed by atoms with Crippen LogP contribution in [0.15, 0.2) is 22.7 Å². The van der Waals surface area contributed by atoms with E-state index in [1.54, 1.807) is 6.07 Å². The van der Waals surface area contributed by atoms with E-state index >= 15 is 0 Å². The number of carboxylic acids is 1. The molecule has 1 fully saturated rings. The molecule has 3 N–H and O–H groups in total. The smallest absolute Gasteiger partial charge is 0.335 e. The van der Waals surface area contributed by atoms with Crippen LogP contribution in [0.25, 0.3) is 0 Å². The SMILES string of the molecule is CC1(CNC(=O)Nc2cc(Br)cc(C(=O)O)c2)CC1. The fourth-order valence-corrected chi connectivity index (χ4v) is 2.14. The van der Waals surface area contributed by atoms with Crippen LogP contribution in [-0.4, -0.2) is 23.7 Å². The van der Waals surface area contributed by atoms with E-state index in [1.807, 2.05) is 0 Å². The fourth-order valence-electron chi connectivity index (χ4n) is 1.64. The number of anilines is 1. The summed E-state index contributed by atoms with van der Waals surface area (Å²) in [6.45, 7) is 2.76. The molecule has 0 spiro atoms. The molecule has 2 amide bonds. The van der Waals surface area contributed by atoms with Gasteiger partial charge in [-0.1, -0.05) is 22.9 Å². The zero-order valence-corrected chi connectivity index (χ0v) is 12.1. The molecule has 0 radical (unpaired) electrons. The third-order valence-electron chi connectivity index (χ3n) is 3.18. The Bertz CT molecular complexity index is 527. The Morgan fingerprint density at radius 2 is 2.05 bits per heavy atom. The Kier molecular flexibility index (Phi) is 3.80. The van der Waals surface area contributed by atoms with E-state index in [9.17, 15) is 9.59 Å². The van der Waals surface area contributed by atoms with Crippen molar-refractivity contribution in [3.8, 4) is 0 Å². The molecule has 0 unspecified atom stereocenters. The summed E-state index contributed by atoms with van der Waals surface area (Å²) in [6, 6.07) is 4.25. The van der Waals surface area contributed by atoms with Crippen molar-refractivity contribution in [3.05, 3.63) is 28.2 Å². The lowest BCUT2D eigenvalue weighted by Gasteiger charge is -2.12. The van der Waals surface area contributed by atoms with Gasteiger partial charge in [0.15, 0.2) is 0 Å². The first-order valence-electron chi connectivity index (χ1n) is 5.97. The maximum absolute atomic E-state index is 11.7. The van der Waals surface area contributed by atoms with Gasteiger partial charge in [-0.3, -0.25) is 0 Å². The van der Waals surface area contributed by atoms with Crippen LogP contribution in [0.2, 0.25) is 0 Å². The monoisotopic (exact) mass is 326 g/mol. The molecule has 2 rings (SSSR count). The summed E-state index contributed by atoms with van der Waals surface area (Å²) in [6.07, 6.45) is 2.26. The summed E-state index contributed by atoms with van der Waals surface area (Å²) in [5.41, 5.74) is 0.810. The van der Waals surface area contributed by atoms with Crippen molar-refractivity contribution < 1.29 is 14.7 Å². The molecule has 1 saturated carbocycles. The molecule has 0 saturated heterocycles. The van der Waals surface area contributed by atoms with Gasteiger partial charge in [0, 0.05) is 16.7 Å². The van der Waals surface area contributed by atoms with Crippen LogP contribution in [-0.2, 0) is 0 Å². The molecule has 0 aliphatic heterocycles. The van der Waals surface area contributed by atoms with Crippen molar-refractivity contribution in [1.82, 2.24) is 5.32 Å². The molecule has 1 aromatic rings. The van der Waals surface area contributed by atoms with E-state index in [1.165, 1.54) is 12.1 Å². The summed E-state index contributed by atoms with van der Waals surface area (Å²) >= 11 is 3.22. The van der Waals surface area contributed by atoms with Gasteiger partial charge < -0.3 is 15.7 Å². The molecule has 0 atom stereocenters. The lowest BCUT2D eigenvalue weighted by atomic mass is 10.1. The Morgan fingerprint density at radius 1 is 1.37 bits per heavy atom. The third kappa shape index (κ3) is 3.96. The van der Waals surface area contributed by atoms with E-state index in [2.05, 4.69) is 33.5 Å². The van der Waals surface area contributed by atoms with Crippen molar-refractivity contribution in [2.45, 2.75) is 19.8 Å². The van der Waals surface area contributed by atoms with Gasteiger partial charge in [-0.15, -0.1) is 0 Å². The van der Waals surface area contributed by atoms with Gasteiger partial charge in [-0.25, -0.2) is 9.59 Å². The predicted octanol–water partition coefficient (Wildman–Crippen LogP) is 3.07. The number of carbonyl (C=O) groups is 2. The van der Waals surface area contributed by atoms with E-state index in [0.29, 0.717) is 16.7 Å². The molecule has 1 aromatic carbocycles.